The summed E-state index contributed by atoms with van der Waals surface area (Å²) in [6.07, 6.45) is 0.387. The van der Waals surface area contributed by atoms with Gasteiger partial charge in [-0.2, -0.15) is 13.2 Å². The normalized spacial score (nSPS) is 11.5. The van der Waals surface area contributed by atoms with E-state index >= 15 is 0 Å². The number of fused-ring (bicyclic) bond motifs is 1. The zero-order valence-corrected chi connectivity index (χ0v) is 14.6. The first kappa shape index (κ1) is 17.9. The molecule has 1 N–H and O–H groups in total. The molecule has 0 fully saturated rings. The molecule has 140 valence electrons. The Balaban J connectivity index is 1.71. The Morgan fingerprint density at radius 3 is 2.57 bits per heavy atom. The Hall–Kier alpha value is -3.48. The number of nitrogens with zero attached hydrogens (tertiary/aromatic N) is 3. The van der Waals surface area contributed by atoms with Gasteiger partial charge in [-0.1, -0.05) is 36.4 Å². The van der Waals surface area contributed by atoms with Gasteiger partial charge in [0.15, 0.2) is 0 Å². The molecular weight excluding hydrogens is 365 g/mol. The van der Waals surface area contributed by atoms with Crippen LogP contribution in [0, 0.1) is 0 Å². The molecule has 0 aliphatic carbocycles. The van der Waals surface area contributed by atoms with Crippen LogP contribution in [0.3, 0.4) is 0 Å². The summed E-state index contributed by atoms with van der Waals surface area (Å²) in [4.78, 5) is 12.8. The second-order valence-corrected chi connectivity index (χ2v) is 6.20. The van der Waals surface area contributed by atoms with Crippen molar-refractivity contribution in [3.8, 4) is 11.1 Å². The molecule has 0 saturated carbocycles. The second-order valence-electron chi connectivity index (χ2n) is 6.20. The number of hydrogen-bond donors (Lipinski definition) is 1. The number of anilines is 1. The van der Waals surface area contributed by atoms with Gasteiger partial charge in [-0.3, -0.25) is 9.97 Å². The van der Waals surface area contributed by atoms with Crippen molar-refractivity contribution < 1.29 is 13.2 Å². The number of pyridine rings is 1. The smallest absolute Gasteiger partial charge is 0.363 e. The molecule has 0 aliphatic rings. The van der Waals surface area contributed by atoms with E-state index in [0.717, 1.165) is 23.2 Å². The number of rotatable bonds is 4. The summed E-state index contributed by atoms with van der Waals surface area (Å²) >= 11 is 0. The second kappa shape index (κ2) is 7.26. The minimum absolute atomic E-state index is 0.422. The van der Waals surface area contributed by atoms with Crippen LogP contribution in [-0.2, 0) is 12.7 Å². The summed E-state index contributed by atoms with van der Waals surface area (Å²) in [6, 6.07) is 14.6. The number of nitrogens with one attached hydrogen (secondary N) is 1. The third kappa shape index (κ3) is 3.78. The highest BCUT2D eigenvalue weighted by atomic mass is 19.4. The van der Waals surface area contributed by atoms with Crippen LogP contribution in [0.25, 0.3) is 22.0 Å². The Morgan fingerprint density at radius 2 is 1.79 bits per heavy atom. The van der Waals surface area contributed by atoms with E-state index in [1.807, 2.05) is 24.3 Å². The largest absolute Gasteiger partial charge is 0.416 e. The van der Waals surface area contributed by atoms with E-state index in [1.54, 1.807) is 30.7 Å². The Morgan fingerprint density at radius 1 is 0.929 bits per heavy atom. The summed E-state index contributed by atoms with van der Waals surface area (Å²) in [5.41, 5.74) is 1.86. The molecule has 7 heteroatoms. The topological polar surface area (TPSA) is 50.7 Å². The maximum atomic E-state index is 13.1. The van der Waals surface area contributed by atoms with Gasteiger partial charge in [-0.25, -0.2) is 4.98 Å². The van der Waals surface area contributed by atoms with Crippen LogP contribution in [0.1, 0.15) is 11.3 Å². The van der Waals surface area contributed by atoms with E-state index in [0.29, 0.717) is 29.0 Å². The van der Waals surface area contributed by atoms with Crippen molar-refractivity contribution in [2.45, 2.75) is 12.7 Å². The van der Waals surface area contributed by atoms with Crippen LogP contribution in [0.15, 0.2) is 73.2 Å². The molecule has 0 atom stereocenters. The Kier molecular flexibility index (Phi) is 4.65. The van der Waals surface area contributed by atoms with Crippen molar-refractivity contribution in [3.05, 3.63) is 84.4 Å². The molecule has 28 heavy (non-hydrogen) atoms. The van der Waals surface area contributed by atoms with Gasteiger partial charge in [0.2, 0.25) is 0 Å². The number of aromatic nitrogens is 3. The number of alkyl halides is 3. The van der Waals surface area contributed by atoms with E-state index < -0.39 is 11.7 Å². The molecule has 2 aromatic heterocycles. The number of halogens is 3. The lowest BCUT2D eigenvalue weighted by Gasteiger charge is -2.11. The standard InChI is InChI=1S/C21H15F3N4/c22-21(23,24)16-5-1-4-15(11-16)18-6-2-3-14-7-8-17(28-20(14)18)12-27-19-13-25-9-10-26-19/h1-11,13H,12H2,(H,26,27). The molecule has 4 aromatic rings. The molecule has 0 aliphatic heterocycles. The van der Waals surface area contributed by atoms with Crippen molar-refractivity contribution in [1.29, 1.82) is 0 Å². The summed E-state index contributed by atoms with van der Waals surface area (Å²) in [6.45, 7) is 0.422. The van der Waals surface area contributed by atoms with Gasteiger partial charge in [0.05, 0.1) is 29.5 Å². The van der Waals surface area contributed by atoms with E-state index in [2.05, 4.69) is 20.3 Å². The van der Waals surface area contributed by atoms with Crippen molar-refractivity contribution in [3.63, 3.8) is 0 Å². The maximum absolute atomic E-state index is 13.1. The molecular formula is C21H15F3N4. The highest BCUT2D eigenvalue weighted by Crippen LogP contribution is 2.34. The summed E-state index contributed by atoms with van der Waals surface area (Å²) in [5.74, 6) is 0.621. The predicted molar refractivity (Wildman–Crippen MR) is 102 cm³/mol. The fourth-order valence-electron chi connectivity index (χ4n) is 2.95. The molecule has 4 nitrogen and oxygen atoms in total. The first-order chi connectivity index (χ1) is 13.5. The number of benzene rings is 2. The molecule has 2 heterocycles. The van der Waals surface area contributed by atoms with Crippen molar-refractivity contribution >= 4 is 16.7 Å². The minimum Gasteiger partial charge on any atom is -0.363 e. The first-order valence-electron chi connectivity index (χ1n) is 8.57. The van der Waals surface area contributed by atoms with Crippen molar-refractivity contribution in [1.82, 2.24) is 15.0 Å². The van der Waals surface area contributed by atoms with E-state index in [1.165, 1.54) is 6.07 Å². The molecule has 2 aromatic carbocycles. The maximum Gasteiger partial charge on any atom is 0.416 e. The fourth-order valence-corrected chi connectivity index (χ4v) is 2.95. The predicted octanol–water partition coefficient (Wildman–Crippen LogP) is 5.32. The summed E-state index contributed by atoms with van der Waals surface area (Å²) in [7, 11) is 0. The van der Waals surface area contributed by atoms with Gasteiger partial charge in [0.25, 0.3) is 0 Å². The van der Waals surface area contributed by atoms with E-state index in [4.69, 9.17) is 0 Å². The summed E-state index contributed by atoms with van der Waals surface area (Å²) < 4.78 is 39.3. The molecule has 4 rings (SSSR count). The average molecular weight is 380 g/mol. The van der Waals surface area contributed by atoms with Crippen LogP contribution < -0.4 is 5.32 Å². The van der Waals surface area contributed by atoms with Crippen molar-refractivity contribution in [2.24, 2.45) is 0 Å². The quantitative estimate of drug-likeness (QED) is 0.520. The third-order valence-electron chi connectivity index (χ3n) is 4.29. The number of para-hydroxylation sites is 1. The molecule has 0 amide bonds. The van der Waals surface area contributed by atoms with Crippen LogP contribution in [0.5, 0.6) is 0 Å². The van der Waals surface area contributed by atoms with Gasteiger partial charge in [-0.15, -0.1) is 0 Å². The molecule has 0 bridgehead atoms. The molecule has 0 radical (unpaired) electrons. The molecule has 0 saturated heterocycles. The van der Waals surface area contributed by atoms with E-state index in [-0.39, 0.29) is 0 Å². The van der Waals surface area contributed by atoms with Gasteiger partial charge in [0.1, 0.15) is 5.82 Å². The molecule has 0 unspecified atom stereocenters. The van der Waals surface area contributed by atoms with Crippen LogP contribution in [0.4, 0.5) is 19.0 Å². The van der Waals surface area contributed by atoms with Gasteiger partial charge in [-0.05, 0) is 23.8 Å². The number of hydrogen-bond acceptors (Lipinski definition) is 4. The van der Waals surface area contributed by atoms with Crippen molar-refractivity contribution in [2.75, 3.05) is 5.32 Å². The Labute approximate surface area is 159 Å². The first-order valence-corrected chi connectivity index (χ1v) is 8.57. The summed E-state index contributed by atoms with van der Waals surface area (Å²) in [5, 5.41) is 3.99. The SMILES string of the molecule is FC(F)(F)c1cccc(-c2cccc3ccc(CNc4cnccn4)nc23)c1. The van der Waals surface area contributed by atoms with Crippen LogP contribution in [-0.4, -0.2) is 15.0 Å². The molecule has 0 spiro atoms. The zero-order chi connectivity index (χ0) is 19.6. The lowest BCUT2D eigenvalue weighted by molar-refractivity contribution is -0.137. The Bertz CT molecular complexity index is 1110. The van der Waals surface area contributed by atoms with Gasteiger partial charge >= 0.3 is 6.18 Å². The zero-order valence-electron chi connectivity index (χ0n) is 14.6. The monoisotopic (exact) mass is 380 g/mol. The van der Waals surface area contributed by atoms with Gasteiger partial charge < -0.3 is 5.32 Å². The third-order valence-corrected chi connectivity index (χ3v) is 4.29. The van der Waals surface area contributed by atoms with Crippen LogP contribution >= 0.6 is 0 Å². The van der Waals surface area contributed by atoms with E-state index in [9.17, 15) is 13.2 Å². The minimum atomic E-state index is -4.39. The fraction of sp³-hybridized carbons (Fsp3) is 0.0952. The van der Waals surface area contributed by atoms with Crippen LogP contribution in [0.2, 0.25) is 0 Å². The highest BCUT2D eigenvalue weighted by molar-refractivity contribution is 5.93. The van der Waals surface area contributed by atoms with Gasteiger partial charge in [0, 0.05) is 23.3 Å². The lowest BCUT2D eigenvalue weighted by atomic mass is 9.99. The highest BCUT2D eigenvalue weighted by Gasteiger charge is 2.30. The average Bonchev–Trinajstić information content (AvgIpc) is 2.72. The lowest BCUT2D eigenvalue weighted by Crippen LogP contribution is -2.05.